The van der Waals surface area contributed by atoms with E-state index in [-0.39, 0.29) is 0 Å². The second kappa shape index (κ2) is 11.3. The van der Waals surface area contributed by atoms with E-state index in [1.165, 1.54) is 68.2 Å². The maximum Gasteiger partial charge on any atom is 0.0342 e. The molecule has 2 nitrogen and oxygen atoms in total. The van der Waals surface area contributed by atoms with Crippen LogP contribution in [-0.4, -0.2) is 22.6 Å². The molecule has 0 spiro atoms. The molecule has 4 rings (SSSR count). The maximum atomic E-state index is 4.03. The Balaban J connectivity index is 1.65. The van der Waals surface area contributed by atoms with Crippen LogP contribution in [0.4, 0.5) is 0 Å². The molecule has 2 atom stereocenters. The molecule has 2 fully saturated rings. The van der Waals surface area contributed by atoms with Crippen LogP contribution in [0.5, 0.6) is 0 Å². The van der Waals surface area contributed by atoms with E-state index in [0.717, 1.165) is 10.5 Å². The zero-order chi connectivity index (χ0) is 20.6. The topological polar surface area (TPSA) is 24.1 Å². The van der Waals surface area contributed by atoms with Crippen LogP contribution < -0.4 is 10.6 Å². The summed E-state index contributed by atoms with van der Waals surface area (Å²) in [6, 6.07) is 20.3. The largest absolute Gasteiger partial charge is 0.385 e. The van der Waals surface area contributed by atoms with Crippen LogP contribution in [0.15, 0.2) is 72.4 Å². The summed E-state index contributed by atoms with van der Waals surface area (Å²) < 4.78 is 0.861. The van der Waals surface area contributed by atoms with Gasteiger partial charge in [-0.05, 0) is 62.3 Å². The van der Waals surface area contributed by atoms with Crippen LogP contribution in [0.3, 0.4) is 0 Å². The molecule has 3 heteroatoms. The van der Waals surface area contributed by atoms with Gasteiger partial charge in [-0.15, -0.1) is 0 Å². The molecule has 1 aliphatic heterocycles. The van der Waals surface area contributed by atoms with Crippen molar-refractivity contribution in [2.45, 2.75) is 67.4 Å². The van der Waals surface area contributed by atoms with Gasteiger partial charge in [0, 0.05) is 27.6 Å². The third-order valence-corrected chi connectivity index (χ3v) is 7.90. The summed E-state index contributed by atoms with van der Waals surface area (Å²) in [6.07, 6.45) is 15.5. The minimum atomic E-state index is 0.429. The van der Waals surface area contributed by atoms with Crippen LogP contribution >= 0.6 is 22.6 Å². The van der Waals surface area contributed by atoms with Crippen molar-refractivity contribution in [2.75, 3.05) is 6.54 Å². The maximum absolute atomic E-state index is 4.03. The Kier molecular flexibility index (Phi) is 8.27. The fraction of sp³-hybridized carbons (Fsp3) is 0.481. The van der Waals surface area contributed by atoms with E-state index in [9.17, 15) is 0 Å². The molecule has 2 aliphatic carbocycles. The lowest BCUT2D eigenvalue weighted by Crippen LogP contribution is -2.44. The van der Waals surface area contributed by atoms with Gasteiger partial charge in [-0.2, -0.15) is 0 Å². The minimum Gasteiger partial charge on any atom is -0.385 e. The van der Waals surface area contributed by atoms with Gasteiger partial charge in [-0.1, -0.05) is 96.1 Å². The van der Waals surface area contributed by atoms with Crippen LogP contribution in [0.2, 0.25) is 0 Å². The number of hydrogen-bond donors (Lipinski definition) is 2. The smallest absolute Gasteiger partial charge is 0.0342 e. The Labute approximate surface area is 196 Å². The minimum absolute atomic E-state index is 0.429. The van der Waals surface area contributed by atoms with Gasteiger partial charge in [0.1, 0.15) is 0 Å². The summed E-state index contributed by atoms with van der Waals surface area (Å²) in [6.45, 7) is 1.13. The van der Waals surface area contributed by atoms with E-state index in [2.05, 4.69) is 100.0 Å². The number of rotatable bonds is 3. The third kappa shape index (κ3) is 6.10. The Morgan fingerprint density at radius 2 is 1.50 bits per heavy atom. The molecule has 1 saturated heterocycles. The number of alkyl halides is 1. The second-order valence-corrected chi connectivity index (χ2v) is 10.6. The Morgan fingerprint density at radius 1 is 0.800 bits per heavy atom. The summed E-state index contributed by atoms with van der Waals surface area (Å²) in [7, 11) is 0. The van der Waals surface area contributed by atoms with Gasteiger partial charge in [0.25, 0.3) is 0 Å². The monoisotopic (exact) mass is 514 g/mol. The van der Waals surface area contributed by atoms with Crippen LogP contribution in [-0.2, 0) is 0 Å². The quantitative estimate of drug-likeness (QED) is 0.352. The highest BCUT2D eigenvalue weighted by molar-refractivity contribution is 14.1. The van der Waals surface area contributed by atoms with Gasteiger partial charge < -0.3 is 10.6 Å². The van der Waals surface area contributed by atoms with Crippen LogP contribution in [0, 0.1) is 5.92 Å². The van der Waals surface area contributed by atoms with Crippen LogP contribution in [0.25, 0.3) is 5.57 Å². The fourth-order valence-electron chi connectivity index (χ4n) is 4.94. The van der Waals surface area contributed by atoms with Gasteiger partial charge in [-0.25, -0.2) is 0 Å². The molecular formula is C27H35IN2. The summed E-state index contributed by atoms with van der Waals surface area (Å²) in [5.41, 5.74) is 4.09. The molecule has 160 valence electrons. The summed E-state index contributed by atoms with van der Waals surface area (Å²) >= 11 is 2.63. The lowest BCUT2D eigenvalue weighted by atomic mass is 9.81. The van der Waals surface area contributed by atoms with Gasteiger partial charge in [0.05, 0.1) is 0 Å². The Bertz CT molecular complexity index is 781. The number of fused-ring (bicyclic) bond motifs is 1. The van der Waals surface area contributed by atoms with E-state index in [0.29, 0.717) is 18.0 Å². The van der Waals surface area contributed by atoms with Crippen molar-refractivity contribution in [3.8, 4) is 0 Å². The molecule has 2 N–H and O–H groups in total. The first-order chi connectivity index (χ1) is 14.8. The first-order valence-electron chi connectivity index (χ1n) is 11.8. The summed E-state index contributed by atoms with van der Waals surface area (Å²) in [4.78, 5) is 0. The van der Waals surface area contributed by atoms with Crippen LogP contribution in [0.1, 0.15) is 56.9 Å². The van der Waals surface area contributed by atoms with E-state index in [1.807, 2.05) is 0 Å². The molecule has 0 aromatic heterocycles. The second-order valence-electron chi connectivity index (χ2n) is 8.89. The van der Waals surface area contributed by atoms with Crippen molar-refractivity contribution < 1.29 is 0 Å². The van der Waals surface area contributed by atoms with Gasteiger partial charge in [0.15, 0.2) is 0 Å². The normalized spacial score (nSPS) is 29.2. The SMILES string of the molecule is I[C@H]1CC[C@@H](NC2=CC(c3ccccccccc3)=CC3NCCCCCC23)CC1. The molecule has 0 amide bonds. The molecule has 3 aliphatic rings. The predicted molar refractivity (Wildman–Crippen MR) is 137 cm³/mol. The first-order valence-corrected chi connectivity index (χ1v) is 13.0. The molecule has 1 heterocycles. The van der Waals surface area contributed by atoms with Crippen molar-refractivity contribution in [1.29, 1.82) is 0 Å². The molecule has 0 bridgehead atoms. The average Bonchev–Trinajstić information content (AvgIpc) is 2.74. The number of halogens is 1. The van der Waals surface area contributed by atoms with E-state index < -0.39 is 0 Å². The van der Waals surface area contributed by atoms with E-state index in [1.54, 1.807) is 0 Å². The molecule has 2 unspecified atom stereocenters. The van der Waals surface area contributed by atoms with Crippen molar-refractivity contribution in [3.05, 3.63) is 78.0 Å². The number of nitrogens with one attached hydrogen (secondary N) is 2. The molecule has 0 radical (unpaired) electrons. The Morgan fingerprint density at radius 3 is 2.23 bits per heavy atom. The van der Waals surface area contributed by atoms with Crippen molar-refractivity contribution in [2.24, 2.45) is 5.92 Å². The standard InChI is InChI=1S/C27H35IN2/c28-23-14-16-24(17-15-23)30-27-20-22(19-26-25(27)13-9-6-10-18-29-26)21-11-7-4-2-1-3-5-8-12-21/h1-5,7-8,11-12,19-20,23-26,29-30H,6,9-10,13-18H2/t23-,24+,25?,26?. The lowest BCUT2D eigenvalue weighted by molar-refractivity contribution is 0.335. The summed E-state index contributed by atoms with van der Waals surface area (Å²) in [5, 5.41) is 7.89. The lowest BCUT2D eigenvalue weighted by Gasteiger charge is -2.37. The first kappa shape index (κ1) is 21.9. The van der Waals surface area contributed by atoms with Gasteiger partial charge >= 0.3 is 0 Å². The highest BCUT2D eigenvalue weighted by atomic mass is 127. The van der Waals surface area contributed by atoms with Gasteiger partial charge in [0.2, 0.25) is 0 Å². The molecule has 30 heavy (non-hydrogen) atoms. The third-order valence-electron chi connectivity index (χ3n) is 6.65. The van der Waals surface area contributed by atoms with Crippen molar-refractivity contribution in [1.82, 2.24) is 10.6 Å². The van der Waals surface area contributed by atoms with Gasteiger partial charge in [-0.3, -0.25) is 0 Å². The zero-order valence-electron chi connectivity index (χ0n) is 17.9. The Hall–Kier alpha value is -1.33. The predicted octanol–water partition coefficient (Wildman–Crippen LogP) is 6.58. The van der Waals surface area contributed by atoms with Crippen molar-refractivity contribution in [3.63, 3.8) is 0 Å². The molecular weight excluding hydrogens is 479 g/mol. The summed E-state index contributed by atoms with van der Waals surface area (Å²) in [5.74, 6) is 0.578. The highest BCUT2D eigenvalue weighted by Crippen LogP contribution is 2.34. The molecule has 1 aromatic rings. The molecule has 1 aromatic carbocycles. The average molecular weight is 514 g/mol. The number of allylic oxidation sites excluding steroid dienone is 2. The number of hydrogen-bond acceptors (Lipinski definition) is 2. The van der Waals surface area contributed by atoms with Crippen molar-refractivity contribution >= 4 is 28.2 Å². The van der Waals surface area contributed by atoms with E-state index >= 15 is 0 Å². The highest BCUT2D eigenvalue weighted by Gasteiger charge is 2.30. The van der Waals surface area contributed by atoms with E-state index in [4.69, 9.17) is 0 Å². The zero-order valence-corrected chi connectivity index (χ0v) is 20.1. The fourth-order valence-corrected chi connectivity index (χ4v) is 5.66. The molecule has 1 saturated carbocycles.